The molecule has 0 aliphatic heterocycles. The number of carbonyl (C=O) groups is 2. The van der Waals surface area contributed by atoms with Gasteiger partial charge in [0.15, 0.2) is 5.13 Å². The predicted octanol–water partition coefficient (Wildman–Crippen LogP) is 6.03. The largest absolute Gasteiger partial charge is 0.343 e. The monoisotopic (exact) mass is 483 g/mol. The Labute approximate surface area is 210 Å². The van der Waals surface area contributed by atoms with Gasteiger partial charge in [0.1, 0.15) is 6.04 Å². The van der Waals surface area contributed by atoms with Crippen molar-refractivity contribution in [1.29, 1.82) is 0 Å². The molecule has 4 aromatic rings. The van der Waals surface area contributed by atoms with Crippen LogP contribution in [-0.4, -0.2) is 22.8 Å². The second kappa shape index (κ2) is 11.1. The second-order valence-electron chi connectivity index (χ2n) is 8.76. The summed E-state index contributed by atoms with van der Waals surface area (Å²) in [7, 11) is 0. The van der Waals surface area contributed by atoms with Crippen LogP contribution in [0, 0.1) is 12.8 Å². The standard InChI is InChI=1S/C29H29N3O2S/c1-19(2)25(28(34)32-29-31-26(20(3)35-29)23-17-11-6-12-18-23)30-27(33)24(21-13-7-4-8-14-21)22-15-9-5-10-16-22/h4-19,24-25H,1-3H3,(H,30,33)(H,31,32,34)/t25-/m1/s1. The summed E-state index contributed by atoms with van der Waals surface area (Å²) in [5.74, 6) is -1.11. The molecule has 4 rings (SSSR count). The molecule has 0 spiro atoms. The lowest BCUT2D eigenvalue weighted by molar-refractivity contribution is -0.127. The van der Waals surface area contributed by atoms with Gasteiger partial charge in [-0.1, -0.05) is 105 Å². The average molecular weight is 484 g/mol. The van der Waals surface area contributed by atoms with Gasteiger partial charge in [-0.05, 0) is 24.0 Å². The van der Waals surface area contributed by atoms with Crippen molar-refractivity contribution in [2.45, 2.75) is 32.7 Å². The van der Waals surface area contributed by atoms with E-state index in [9.17, 15) is 9.59 Å². The fraction of sp³-hybridized carbons (Fsp3) is 0.207. The number of aryl methyl sites for hydroxylation is 1. The van der Waals surface area contributed by atoms with Crippen molar-refractivity contribution in [1.82, 2.24) is 10.3 Å². The fourth-order valence-corrected chi connectivity index (χ4v) is 4.89. The van der Waals surface area contributed by atoms with Crippen molar-refractivity contribution in [3.8, 4) is 11.3 Å². The number of benzene rings is 3. The third-order valence-corrected chi connectivity index (χ3v) is 6.74. The van der Waals surface area contributed by atoms with Crippen LogP contribution in [0.1, 0.15) is 35.8 Å². The summed E-state index contributed by atoms with van der Waals surface area (Å²) < 4.78 is 0. The van der Waals surface area contributed by atoms with Crippen molar-refractivity contribution in [3.05, 3.63) is 107 Å². The van der Waals surface area contributed by atoms with Gasteiger partial charge in [0.05, 0.1) is 11.6 Å². The number of rotatable bonds is 8. The number of carbonyl (C=O) groups excluding carboxylic acids is 2. The number of anilines is 1. The van der Waals surface area contributed by atoms with Crippen molar-refractivity contribution in [2.75, 3.05) is 5.32 Å². The highest BCUT2D eigenvalue weighted by molar-refractivity contribution is 7.16. The molecule has 1 heterocycles. The van der Waals surface area contributed by atoms with E-state index in [1.54, 1.807) is 0 Å². The Hall–Kier alpha value is -3.77. The van der Waals surface area contributed by atoms with Crippen molar-refractivity contribution in [2.24, 2.45) is 5.92 Å². The van der Waals surface area contributed by atoms with Gasteiger partial charge in [-0.2, -0.15) is 0 Å². The Bertz CT molecular complexity index is 1230. The van der Waals surface area contributed by atoms with Crippen LogP contribution in [-0.2, 0) is 9.59 Å². The summed E-state index contributed by atoms with van der Waals surface area (Å²) in [5.41, 5.74) is 3.61. The van der Waals surface area contributed by atoms with Crippen LogP contribution in [0.4, 0.5) is 5.13 Å². The maximum Gasteiger partial charge on any atom is 0.248 e. The SMILES string of the molecule is Cc1sc(NC(=O)[C@H](NC(=O)C(c2ccccc2)c2ccccc2)C(C)C)nc1-c1ccccc1. The molecule has 1 aromatic heterocycles. The molecule has 0 aliphatic carbocycles. The Morgan fingerprint density at radius 2 is 1.29 bits per heavy atom. The Morgan fingerprint density at radius 1 is 0.771 bits per heavy atom. The zero-order chi connectivity index (χ0) is 24.8. The maximum absolute atomic E-state index is 13.6. The first kappa shape index (κ1) is 24.4. The molecule has 1 atom stereocenters. The molecular formula is C29H29N3O2S. The van der Waals surface area contributed by atoms with Crippen molar-refractivity contribution >= 4 is 28.3 Å². The smallest absolute Gasteiger partial charge is 0.248 e. The first-order valence-corrected chi connectivity index (χ1v) is 12.5. The molecule has 2 N–H and O–H groups in total. The highest BCUT2D eigenvalue weighted by atomic mass is 32.1. The molecule has 178 valence electrons. The Kier molecular flexibility index (Phi) is 7.73. The normalized spacial score (nSPS) is 11.9. The Morgan fingerprint density at radius 3 is 1.80 bits per heavy atom. The van der Waals surface area contributed by atoms with Crippen molar-refractivity contribution in [3.63, 3.8) is 0 Å². The third-order valence-electron chi connectivity index (χ3n) is 5.85. The molecule has 0 unspecified atom stereocenters. The molecule has 0 saturated carbocycles. The van der Waals surface area contributed by atoms with Crippen LogP contribution in [0.5, 0.6) is 0 Å². The number of nitrogens with zero attached hydrogens (tertiary/aromatic N) is 1. The molecule has 0 bridgehead atoms. The van der Waals surface area contributed by atoms with Crippen LogP contribution >= 0.6 is 11.3 Å². The molecule has 6 heteroatoms. The van der Waals surface area contributed by atoms with E-state index in [0.29, 0.717) is 5.13 Å². The van der Waals surface area contributed by atoms with E-state index in [2.05, 4.69) is 15.6 Å². The summed E-state index contributed by atoms with van der Waals surface area (Å²) in [5, 5.41) is 6.47. The van der Waals surface area contributed by atoms with E-state index in [4.69, 9.17) is 0 Å². The van der Waals surface area contributed by atoms with Gasteiger partial charge in [0.2, 0.25) is 11.8 Å². The Balaban J connectivity index is 1.54. The maximum atomic E-state index is 13.6. The number of thiazole rings is 1. The first-order chi connectivity index (χ1) is 16.9. The van der Waals surface area contributed by atoms with Crippen LogP contribution < -0.4 is 10.6 Å². The van der Waals surface area contributed by atoms with E-state index >= 15 is 0 Å². The first-order valence-electron chi connectivity index (χ1n) is 11.7. The zero-order valence-electron chi connectivity index (χ0n) is 20.1. The predicted molar refractivity (Wildman–Crippen MR) is 142 cm³/mol. The van der Waals surface area contributed by atoms with E-state index in [-0.39, 0.29) is 17.7 Å². The van der Waals surface area contributed by atoms with Crippen LogP contribution in [0.15, 0.2) is 91.0 Å². The third kappa shape index (κ3) is 5.84. The summed E-state index contributed by atoms with van der Waals surface area (Å²) in [6, 6.07) is 28.4. The fourth-order valence-electron chi connectivity index (χ4n) is 4.05. The quantitative estimate of drug-likeness (QED) is 0.321. The minimum absolute atomic E-state index is 0.110. The van der Waals surface area contributed by atoms with Gasteiger partial charge in [0.25, 0.3) is 0 Å². The molecule has 35 heavy (non-hydrogen) atoms. The van der Waals surface area contributed by atoms with Gasteiger partial charge in [0, 0.05) is 10.4 Å². The van der Waals surface area contributed by atoms with Crippen LogP contribution in [0.25, 0.3) is 11.3 Å². The summed E-state index contributed by atoms with van der Waals surface area (Å²) in [6.45, 7) is 5.84. The second-order valence-corrected chi connectivity index (χ2v) is 9.97. The number of hydrogen-bond donors (Lipinski definition) is 2. The summed E-state index contributed by atoms with van der Waals surface area (Å²) in [4.78, 5) is 32.5. The number of nitrogens with one attached hydrogen (secondary N) is 2. The molecule has 2 amide bonds. The molecule has 3 aromatic carbocycles. The van der Waals surface area contributed by atoms with E-state index < -0.39 is 12.0 Å². The van der Waals surface area contributed by atoms with E-state index in [1.807, 2.05) is 112 Å². The molecule has 0 aliphatic rings. The molecular weight excluding hydrogens is 454 g/mol. The molecule has 0 fully saturated rings. The lowest BCUT2D eigenvalue weighted by atomic mass is 9.89. The van der Waals surface area contributed by atoms with Gasteiger partial charge < -0.3 is 10.6 Å². The lowest BCUT2D eigenvalue weighted by Gasteiger charge is -2.25. The zero-order valence-corrected chi connectivity index (χ0v) is 20.9. The minimum Gasteiger partial charge on any atom is -0.343 e. The molecule has 0 radical (unpaired) electrons. The van der Waals surface area contributed by atoms with Crippen molar-refractivity contribution < 1.29 is 9.59 Å². The topological polar surface area (TPSA) is 71.1 Å². The average Bonchev–Trinajstić information content (AvgIpc) is 3.24. The van der Waals surface area contributed by atoms with Crippen LogP contribution in [0.3, 0.4) is 0 Å². The van der Waals surface area contributed by atoms with Gasteiger partial charge >= 0.3 is 0 Å². The van der Waals surface area contributed by atoms with Gasteiger partial charge in [-0.15, -0.1) is 11.3 Å². The van der Waals surface area contributed by atoms with E-state index in [0.717, 1.165) is 27.3 Å². The van der Waals surface area contributed by atoms with Gasteiger partial charge in [-0.25, -0.2) is 4.98 Å². The number of amides is 2. The molecule has 5 nitrogen and oxygen atoms in total. The number of aromatic nitrogens is 1. The van der Waals surface area contributed by atoms with E-state index in [1.165, 1.54) is 11.3 Å². The minimum atomic E-state index is -0.707. The number of hydrogen-bond acceptors (Lipinski definition) is 4. The van der Waals surface area contributed by atoms with Crippen LogP contribution in [0.2, 0.25) is 0 Å². The molecule has 0 saturated heterocycles. The van der Waals surface area contributed by atoms with Gasteiger partial charge in [-0.3, -0.25) is 9.59 Å². The highest BCUT2D eigenvalue weighted by Crippen LogP contribution is 2.30. The lowest BCUT2D eigenvalue weighted by Crippen LogP contribution is -2.48. The highest BCUT2D eigenvalue weighted by Gasteiger charge is 2.30. The summed E-state index contributed by atoms with van der Waals surface area (Å²) >= 11 is 1.43. The summed E-state index contributed by atoms with van der Waals surface area (Å²) in [6.07, 6.45) is 0.